The number of hydrogen-bond donors (Lipinski definition) is 2. The average Bonchev–Trinajstić information content (AvgIpc) is 2.65. The van der Waals surface area contributed by atoms with Crippen LogP contribution in [0.5, 0.6) is 0 Å². The van der Waals surface area contributed by atoms with Gasteiger partial charge in [-0.15, -0.1) is 0 Å². The third-order valence-corrected chi connectivity index (χ3v) is 5.52. The van der Waals surface area contributed by atoms with Crippen LogP contribution in [0, 0.1) is 6.92 Å². The molecule has 1 atom stereocenters. The predicted octanol–water partition coefficient (Wildman–Crippen LogP) is 4.18. The van der Waals surface area contributed by atoms with Gasteiger partial charge >= 0.3 is 0 Å². The Morgan fingerprint density at radius 1 is 0.931 bits per heavy atom. The third-order valence-electron chi connectivity index (χ3n) is 4.65. The Morgan fingerprint density at radius 3 is 2.10 bits per heavy atom. The highest BCUT2D eigenvalue weighted by Crippen LogP contribution is 2.25. The minimum Gasteiger partial charge on any atom is -0.331 e. The minimum atomic E-state index is -4.02. The van der Waals surface area contributed by atoms with E-state index in [0.717, 1.165) is 23.0 Å². The van der Waals surface area contributed by atoms with E-state index in [4.69, 9.17) is 10.3 Å². The first-order valence-electron chi connectivity index (χ1n) is 9.55. The van der Waals surface area contributed by atoms with Crippen LogP contribution >= 0.6 is 0 Å². The highest BCUT2D eigenvalue weighted by molar-refractivity contribution is 7.85. The molecule has 5 nitrogen and oxygen atoms in total. The van der Waals surface area contributed by atoms with Crippen molar-refractivity contribution in [2.24, 2.45) is 5.73 Å². The zero-order valence-electron chi connectivity index (χ0n) is 17.5. The van der Waals surface area contributed by atoms with Gasteiger partial charge in [0.05, 0.1) is 32.6 Å². The zero-order chi connectivity index (χ0) is 21.7. The van der Waals surface area contributed by atoms with E-state index < -0.39 is 10.1 Å². The van der Waals surface area contributed by atoms with Crippen LogP contribution in [0.25, 0.3) is 10.8 Å². The Morgan fingerprint density at radius 2 is 1.52 bits per heavy atom. The number of rotatable bonds is 5. The van der Waals surface area contributed by atoms with E-state index in [9.17, 15) is 8.42 Å². The summed E-state index contributed by atoms with van der Waals surface area (Å²) in [6.45, 7) is 2.93. The topological polar surface area (TPSA) is 80.4 Å². The molecule has 0 amide bonds. The zero-order valence-corrected chi connectivity index (χ0v) is 18.4. The molecule has 156 valence electrons. The fourth-order valence-electron chi connectivity index (χ4n) is 2.97. The summed E-state index contributed by atoms with van der Waals surface area (Å²) in [7, 11) is 2.59. The maximum absolute atomic E-state index is 10.5. The quantitative estimate of drug-likeness (QED) is 0.484. The smallest absolute Gasteiger partial charge is 0.294 e. The van der Waals surface area contributed by atoms with Crippen LogP contribution in [0.3, 0.4) is 0 Å². The first kappa shape index (κ1) is 23.0. The minimum absolute atomic E-state index is 0.0666. The van der Waals surface area contributed by atoms with Gasteiger partial charge in [0.25, 0.3) is 10.1 Å². The molecule has 0 saturated heterocycles. The van der Waals surface area contributed by atoms with Gasteiger partial charge in [0.1, 0.15) is 0 Å². The van der Waals surface area contributed by atoms with E-state index >= 15 is 0 Å². The fourth-order valence-corrected chi connectivity index (χ4v) is 3.45. The monoisotopic (exact) mass is 415 g/mol. The fraction of sp³-hybridized carbons (Fsp3) is 0.304. The van der Waals surface area contributed by atoms with Crippen LogP contribution in [-0.4, -0.2) is 45.1 Å². The Hall–Kier alpha value is -2.25. The molecule has 0 bridgehead atoms. The summed E-state index contributed by atoms with van der Waals surface area (Å²) in [6, 6.07) is 21.0. The van der Waals surface area contributed by atoms with Crippen LogP contribution in [0.15, 0.2) is 71.6 Å². The second kappa shape index (κ2) is 9.50. The van der Waals surface area contributed by atoms with Crippen molar-refractivity contribution in [3.63, 3.8) is 0 Å². The molecule has 1 unspecified atom stereocenters. The first-order chi connectivity index (χ1) is 13.5. The number of quaternary nitrogens is 1. The van der Waals surface area contributed by atoms with Crippen molar-refractivity contribution >= 4 is 20.9 Å². The maximum Gasteiger partial charge on any atom is 0.294 e. The standard InChI is InChI=1S/C16H23N2.C7H8O3S/c1-18(2,3)12-11-16(17)15-10-6-8-13-7-4-5-9-14(13)15;1-6-2-4-7(5-3-6)11(8,9)10/h4-10,16H,11-12,17H2,1-3H3;2-5H,1H3,(H,8,9,10)/q+1;. The van der Waals surface area contributed by atoms with Gasteiger partial charge in [-0.25, -0.2) is 0 Å². The Kier molecular flexibility index (Phi) is 7.54. The van der Waals surface area contributed by atoms with E-state index in [2.05, 4.69) is 63.6 Å². The van der Waals surface area contributed by atoms with Crippen LogP contribution in [0.2, 0.25) is 0 Å². The van der Waals surface area contributed by atoms with Crippen LogP contribution in [0.1, 0.15) is 23.6 Å². The number of hydrogen-bond acceptors (Lipinski definition) is 3. The van der Waals surface area contributed by atoms with Crippen molar-refractivity contribution in [1.29, 1.82) is 0 Å². The molecule has 0 aromatic heterocycles. The second-order valence-corrected chi connectivity index (χ2v) is 9.69. The third kappa shape index (κ3) is 7.25. The summed E-state index contributed by atoms with van der Waals surface area (Å²) in [5, 5.41) is 2.56. The normalized spacial score (nSPS) is 12.9. The first-order valence-corrected chi connectivity index (χ1v) is 11.0. The summed E-state index contributed by atoms with van der Waals surface area (Å²) in [5.41, 5.74) is 8.58. The van der Waals surface area contributed by atoms with Crippen LogP contribution in [-0.2, 0) is 10.1 Å². The molecule has 3 N–H and O–H groups in total. The molecule has 0 fully saturated rings. The summed E-state index contributed by atoms with van der Waals surface area (Å²) in [4.78, 5) is -0.0666. The molecule has 0 heterocycles. The highest BCUT2D eigenvalue weighted by atomic mass is 32.2. The molecule has 6 heteroatoms. The molecule has 3 aromatic carbocycles. The van der Waals surface area contributed by atoms with Gasteiger partial charge in [-0.2, -0.15) is 8.42 Å². The lowest BCUT2D eigenvalue weighted by Crippen LogP contribution is -2.36. The van der Waals surface area contributed by atoms with E-state index in [1.807, 2.05) is 6.92 Å². The van der Waals surface area contributed by atoms with Crippen LogP contribution < -0.4 is 5.73 Å². The number of benzene rings is 3. The summed E-state index contributed by atoms with van der Waals surface area (Å²) < 4.78 is 30.5. The van der Waals surface area contributed by atoms with E-state index in [0.29, 0.717) is 0 Å². The molecular weight excluding hydrogens is 384 g/mol. The van der Waals surface area contributed by atoms with Crippen molar-refractivity contribution < 1.29 is 17.5 Å². The largest absolute Gasteiger partial charge is 0.331 e. The molecule has 3 aromatic rings. The van der Waals surface area contributed by atoms with Gasteiger partial charge in [-0.05, 0) is 35.4 Å². The molecule has 0 saturated carbocycles. The van der Waals surface area contributed by atoms with Gasteiger partial charge in [-0.1, -0.05) is 60.2 Å². The number of nitrogens with zero attached hydrogens (tertiary/aromatic N) is 1. The predicted molar refractivity (Wildman–Crippen MR) is 119 cm³/mol. The van der Waals surface area contributed by atoms with Gasteiger partial charge < -0.3 is 10.2 Å². The second-order valence-electron chi connectivity index (χ2n) is 8.27. The lowest BCUT2D eigenvalue weighted by Gasteiger charge is -2.26. The molecule has 0 spiro atoms. The van der Waals surface area contributed by atoms with Gasteiger partial charge in [0.15, 0.2) is 0 Å². The molecule has 3 rings (SSSR count). The van der Waals surface area contributed by atoms with Crippen molar-refractivity contribution in [3.05, 3.63) is 77.9 Å². The van der Waals surface area contributed by atoms with E-state index in [-0.39, 0.29) is 10.9 Å². The molecule has 0 aliphatic heterocycles. The summed E-state index contributed by atoms with van der Waals surface area (Å²) >= 11 is 0. The van der Waals surface area contributed by atoms with Crippen molar-refractivity contribution in [2.45, 2.75) is 24.3 Å². The summed E-state index contributed by atoms with van der Waals surface area (Å²) in [6.07, 6.45) is 1.01. The number of nitrogens with two attached hydrogens (primary N) is 1. The van der Waals surface area contributed by atoms with Crippen molar-refractivity contribution in [1.82, 2.24) is 0 Å². The lowest BCUT2D eigenvalue weighted by molar-refractivity contribution is -0.870. The maximum atomic E-state index is 10.5. The van der Waals surface area contributed by atoms with Gasteiger partial charge in [0, 0.05) is 12.5 Å². The molecule has 0 aliphatic carbocycles. The SMILES string of the molecule is C[N+](C)(C)CCC(N)c1cccc2ccccc12.Cc1ccc(S(=O)(=O)O)cc1. The van der Waals surface area contributed by atoms with E-state index in [1.54, 1.807) is 12.1 Å². The van der Waals surface area contributed by atoms with Crippen molar-refractivity contribution in [2.75, 3.05) is 27.7 Å². The summed E-state index contributed by atoms with van der Waals surface area (Å²) in [5.74, 6) is 0. The molecular formula is C23H31N2O3S+. The number of aryl methyl sites for hydroxylation is 1. The highest BCUT2D eigenvalue weighted by Gasteiger charge is 2.14. The molecule has 0 aliphatic rings. The average molecular weight is 416 g/mol. The van der Waals surface area contributed by atoms with Crippen molar-refractivity contribution in [3.8, 4) is 0 Å². The Balaban J connectivity index is 0.000000234. The Bertz CT molecular complexity index is 1030. The number of fused-ring (bicyclic) bond motifs is 1. The van der Waals surface area contributed by atoms with Crippen LogP contribution in [0.4, 0.5) is 0 Å². The molecule has 0 radical (unpaired) electrons. The van der Waals surface area contributed by atoms with Gasteiger partial charge in [0.2, 0.25) is 0 Å². The van der Waals surface area contributed by atoms with Gasteiger partial charge in [-0.3, -0.25) is 4.55 Å². The lowest BCUT2D eigenvalue weighted by atomic mass is 9.97. The van der Waals surface area contributed by atoms with E-state index in [1.165, 1.54) is 28.5 Å². The molecule has 29 heavy (non-hydrogen) atoms. The Labute approximate surface area is 174 Å².